The Bertz CT molecular complexity index is 588. The Morgan fingerprint density at radius 3 is 2.95 bits per heavy atom. The first-order valence-electron chi connectivity index (χ1n) is 6.14. The van der Waals surface area contributed by atoms with Crippen molar-refractivity contribution in [1.82, 2.24) is 14.9 Å². The summed E-state index contributed by atoms with van der Waals surface area (Å²) in [6, 6.07) is 1.38. The minimum absolute atomic E-state index is 0.00804. The second-order valence-corrected chi connectivity index (χ2v) is 4.91. The number of pyridine rings is 1. The smallest absolute Gasteiger partial charge is 0.257 e. The molecule has 106 valence electrons. The predicted molar refractivity (Wildman–Crippen MR) is 76.3 cm³/mol. The molecule has 20 heavy (non-hydrogen) atoms. The van der Waals surface area contributed by atoms with E-state index in [4.69, 9.17) is 0 Å². The highest BCUT2D eigenvalue weighted by molar-refractivity contribution is 7.07. The van der Waals surface area contributed by atoms with Crippen LogP contribution in [0, 0.1) is 5.82 Å². The molecule has 0 unspecified atom stereocenters. The molecular formula is C13H15FN4OS. The van der Waals surface area contributed by atoms with Gasteiger partial charge in [0, 0.05) is 25.2 Å². The van der Waals surface area contributed by atoms with Gasteiger partial charge in [-0.05, 0) is 13.0 Å². The topological polar surface area (TPSA) is 58.1 Å². The van der Waals surface area contributed by atoms with E-state index in [1.165, 1.54) is 28.5 Å². The lowest BCUT2D eigenvalue weighted by Gasteiger charge is -2.17. The quantitative estimate of drug-likeness (QED) is 0.920. The van der Waals surface area contributed by atoms with Gasteiger partial charge in [-0.2, -0.15) is 0 Å². The zero-order valence-corrected chi connectivity index (χ0v) is 12.1. The van der Waals surface area contributed by atoms with Crippen LogP contribution in [0.25, 0.3) is 0 Å². The lowest BCUT2D eigenvalue weighted by Crippen LogP contribution is -2.27. The van der Waals surface area contributed by atoms with Crippen molar-refractivity contribution in [3.8, 4) is 0 Å². The number of hydrogen-bond acceptors (Lipinski definition) is 5. The largest absolute Gasteiger partial charge is 0.368 e. The van der Waals surface area contributed by atoms with E-state index in [0.717, 1.165) is 5.69 Å². The second kappa shape index (κ2) is 6.42. The second-order valence-electron chi connectivity index (χ2n) is 4.19. The van der Waals surface area contributed by atoms with Crippen molar-refractivity contribution in [2.45, 2.75) is 13.5 Å². The average molecular weight is 294 g/mol. The number of anilines is 1. The van der Waals surface area contributed by atoms with Gasteiger partial charge >= 0.3 is 0 Å². The van der Waals surface area contributed by atoms with Gasteiger partial charge in [0.25, 0.3) is 5.91 Å². The molecule has 0 aliphatic heterocycles. The normalized spacial score (nSPS) is 10.3. The van der Waals surface area contributed by atoms with Crippen molar-refractivity contribution in [2.75, 3.05) is 18.9 Å². The van der Waals surface area contributed by atoms with E-state index in [1.807, 2.05) is 12.3 Å². The Balaban J connectivity index is 2.18. The maximum absolute atomic E-state index is 14.2. The van der Waals surface area contributed by atoms with Crippen LogP contribution in [-0.4, -0.2) is 34.4 Å². The summed E-state index contributed by atoms with van der Waals surface area (Å²) in [4.78, 5) is 21.7. The number of nitrogens with zero attached hydrogens (tertiary/aromatic N) is 3. The third-order valence-electron chi connectivity index (χ3n) is 2.69. The molecule has 2 aromatic heterocycles. The number of hydrogen-bond donors (Lipinski definition) is 1. The molecule has 2 aromatic rings. The van der Waals surface area contributed by atoms with Crippen LogP contribution in [0.5, 0.6) is 0 Å². The van der Waals surface area contributed by atoms with Crippen LogP contribution in [0.2, 0.25) is 0 Å². The van der Waals surface area contributed by atoms with Gasteiger partial charge in [-0.1, -0.05) is 0 Å². The highest BCUT2D eigenvalue weighted by Gasteiger charge is 2.19. The molecule has 0 radical (unpaired) electrons. The van der Waals surface area contributed by atoms with Gasteiger partial charge in [0.1, 0.15) is 0 Å². The summed E-state index contributed by atoms with van der Waals surface area (Å²) in [5.74, 6) is -0.915. The monoisotopic (exact) mass is 294 g/mol. The minimum Gasteiger partial charge on any atom is -0.368 e. The van der Waals surface area contributed by atoms with Crippen molar-refractivity contribution in [3.05, 3.63) is 40.2 Å². The Morgan fingerprint density at radius 2 is 2.30 bits per heavy atom. The van der Waals surface area contributed by atoms with E-state index in [1.54, 1.807) is 12.6 Å². The molecular weight excluding hydrogens is 279 g/mol. The van der Waals surface area contributed by atoms with Crippen molar-refractivity contribution >= 4 is 23.1 Å². The fourth-order valence-electron chi connectivity index (χ4n) is 1.74. The molecule has 2 rings (SSSR count). The van der Waals surface area contributed by atoms with Crippen LogP contribution in [0.4, 0.5) is 10.2 Å². The number of halogens is 1. The van der Waals surface area contributed by atoms with Gasteiger partial charge in [0.15, 0.2) is 11.6 Å². The summed E-state index contributed by atoms with van der Waals surface area (Å²) in [6.45, 7) is 2.72. The van der Waals surface area contributed by atoms with Crippen LogP contribution in [-0.2, 0) is 6.54 Å². The zero-order valence-electron chi connectivity index (χ0n) is 11.3. The van der Waals surface area contributed by atoms with Gasteiger partial charge in [0.05, 0.1) is 23.3 Å². The molecule has 0 aromatic carbocycles. The van der Waals surface area contributed by atoms with Crippen LogP contribution < -0.4 is 5.32 Å². The number of rotatable bonds is 5. The van der Waals surface area contributed by atoms with Crippen LogP contribution in [0.3, 0.4) is 0 Å². The van der Waals surface area contributed by atoms with E-state index in [0.29, 0.717) is 13.1 Å². The average Bonchev–Trinajstić information content (AvgIpc) is 2.93. The molecule has 0 saturated carbocycles. The summed E-state index contributed by atoms with van der Waals surface area (Å²) >= 11 is 1.46. The van der Waals surface area contributed by atoms with Gasteiger partial charge in [-0.25, -0.2) is 14.4 Å². The first-order chi connectivity index (χ1) is 9.63. The maximum Gasteiger partial charge on any atom is 0.257 e. The number of nitrogens with one attached hydrogen (secondary N) is 1. The Morgan fingerprint density at radius 1 is 1.50 bits per heavy atom. The maximum atomic E-state index is 14.2. The van der Waals surface area contributed by atoms with Crippen molar-refractivity contribution in [3.63, 3.8) is 0 Å². The lowest BCUT2D eigenvalue weighted by molar-refractivity contribution is 0.0779. The molecule has 1 N–H and O–H groups in total. The number of carbonyl (C=O) groups excluding carboxylic acids is 1. The molecule has 1 amide bonds. The highest BCUT2D eigenvalue weighted by Crippen LogP contribution is 2.17. The van der Waals surface area contributed by atoms with E-state index < -0.39 is 11.7 Å². The van der Waals surface area contributed by atoms with Crippen molar-refractivity contribution < 1.29 is 9.18 Å². The molecule has 5 nitrogen and oxygen atoms in total. The molecule has 0 aliphatic rings. The fraction of sp³-hybridized carbons (Fsp3) is 0.308. The van der Waals surface area contributed by atoms with Crippen LogP contribution >= 0.6 is 11.3 Å². The number of aromatic nitrogens is 2. The summed E-state index contributed by atoms with van der Waals surface area (Å²) < 4.78 is 14.2. The van der Waals surface area contributed by atoms with E-state index >= 15 is 0 Å². The molecule has 2 heterocycles. The van der Waals surface area contributed by atoms with Crippen LogP contribution in [0.1, 0.15) is 23.0 Å². The Kier molecular flexibility index (Phi) is 4.62. The van der Waals surface area contributed by atoms with Crippen LogP contribution in [0.15, 0.2) is 23.2 Å². The third-order valence-corrected chi connectivity index (χ3v) is 3.33. The molecule has 0 atom stereocenters. The fourth-order valence-corrected chi connectivity index (χ4v) is 2.29. The molecule has 0 aliphatic carbocycles. The summed E-state index contributed by atoms with van der Waals surface area (Å²) in [5.41, 5.74) is 2.49. The van der Waals surface area contributed by atoms with E-state index in [2.05, 4.69) is 15.3 Å². The van der Waals surface area contributed by atoms with Crippen molar-refractivity contribution in [1.29, 1.82) is 0 Å². The van der Waals surface area contributed by atoms with Gasteiger partial charge in [0.2, 0.25) is 0 Å². The van der Waals surface area contributed by atoms with E-state index in [-0.39, 0.29) is 11.4 Å². The lowest BCUT2D eigenvalue weighted by atomic mass is 10.2. The molecule has 0 fully saturated rings. The van der Waals surface area contributed by atoms with Crippen molar-refractivity contribution in [2.24, 2.45) is 0 Å². The van der Waals surface area contributed by atoms with Gasteiger partial charge in [-0.3, -0.25) is 4.79 Å². The molecule has 0 bridgehead atoms. The molecule has 7 heteroatoms. The summed E-state index contributed by atoms with van der Waals surface area (Å²) in [5, 5.41) is 4.65. The SMILES string of the molecule is CCNc1nccc(C(=O)N(C)Cc2cscn2)c1F. The molecule has 0 saturated heterocycles. The number of thiazole rings is 1. The Hall–Kier alpha value is -2.02. The standard InChI is InChI=1S/C13H15FN4OS/c1-3-15-12-11(14)10(4-5-16-12)13(19)18(2)6-9-7-20-8-17-9/h4-5,7-8H,3,6H2,1-2H3,(H,15,16). The number of carbonyl (C=O) groups is 1. The molecule has 0 spiro atoms. The zero-order chi connectivity index (χ0) is 14.5. The first kappa shape index (κ1) is 14.4. The first-order valence-corrected chi connectivity index (χ1v) is 7.08. The highest BCUT2D eigenvalue weighted by atomic mass is 32.1. The summed E-state index contributed by atoms with van der Waals surface area (Å²) in [6.07, 6.45) is 1.42. The summed E-state index contributed by atoms with van der Waals surface area (Å²) in [7, 11) is 1.62. The third kappa shape index (κ3) is 3.11. The number of amides is 1. The van der Waals surface area contributed by atoms with Gasteiger partial charge in [-0.15, -0.1) is 11.3 Å². The van der Waals surface area contributed by atoms with E-state index in [9.17, 15) is 9.18 Å². The Labute approximate surface area is 120 Å². The predicted octanol–water partition coefficient (Wildman–Crippen LogP) is 2.38. The minimum atomic E-state index is -0.621. The van der Waals surface area contributed by atoms with Gasteiger partial charge < -0.3 is 10.2 Å².